The third-order valence-corrected chi connectivity index (χ3v) is 4.01. The summed E-state index contributed by atoms with van der Waals surface area (Å²) >= 11 is 0. The van der Waals surface area contributed by atoms with Crippen molar-refractivity contribution in [1.82, 2.24) is 0 Å². The number of nitrogens with one attached hydrogen (secondary N) is 1. The predicted octanol–water partition coefficient (Wildman–Crippen LogP) is 2.39. The van der Waals surface area contributed by atoms with Crippen molar-refractivity contribution in [2.45, 2.75) is 20.0 Å². The first-order valence-corrected chi connectivity index (χ1v) is 7.16. The Bertz CT molecular complexity index is 689. The molecular weight excluding hydrogens is 265 g/mol. The average molecular weight is 281 g/mol. The second kappa shape index (κ2) is 5.00. The zero-order valence-corrected chi connectivity index (χ0v) is 11.9. The molecule has 106 valence electrons. The molecule has 2 aliphatic heterocycles. The molecule has 0 unspecified atom stereocenters. The normalized spacial score (nSPS) is 15.2. The van der Waals surface area contributed by atoms with E-state index in [2.05, 4.69) is 36.4 Å². The van der Waals surface area contributed by atoms with E-state index in [1.807, 2.05) is 12.1 Å². The van der Waals surface area contributed by atoms with Gasteiger partial charge in [0.1, 0.15) is 0 Å². The minimum absolute atomic E-state index is 0.187. The van der Waals surface area contributed by atoms with E-state index in [4.69, 9.17) is 14.1 Å². The van der Waals surface area contributed by atoms with Gasteiger partial charge in [0.05, 0.1) is 6.61 Å². The van der Waals surface area contributed by atoms with Gasteiger partial charge in [-0.3, -0.25) is 0 Å². The third-order valence-electron chi connectivity index (χ3n) is 4.01. The monoisotopic (exact) mass is 281 g/mol. The highest BCUT2D eigenvalue weighted by Gasteiger charge is 2.23. The van der Waals surface area contributed by atoms with Gasteiger partial charge in [0.15, 0.2) is 11.5 Å². The Morgan fingerprint density at radius 1 is 1.10 bits per heavy atom. The van der Waals surface area contributed by atoms with Gasteiger partial charge in [0.25, 0.3) is 0 Å². The second-order valence-corrected chi connectivity index (χ2v) is 5.41. The van der Waals surface area contributed by atoms with Crippen LogP contribution < -0.4 is 20.3 Å². The molecule has 21 heavy (non-hydrogen) atoms. The molecule has 0 atom stereocenters. The summed E-state index contributed by atoms with van der Waals surface area (Å²) in [5, 5.41) is 3.45. The van der Waals surface area contributed by atoms with Gasteiger partial charge < -0.3 is 19.4 Å². The Morgan fingerprint density at radius 2 is 2.00 bits per heavy atom. The lowest BCUT2D eigenvalue weighted by molar-refractivity contribution is 0.174. The van der Waals surface area contributed by atoms with Crippen LogP contribution in [0.15, 0.2) is 36.4 Å². The maximum atomic E-state index is 5.63. The highest BCUT2D eigenvalue weighted by Crippen LogP contribution is 2.32. The fraction of sp³-hybridized carbons (Fsp3) is 0.250. The van der Waals surface area contributed by atoms with Gasteiger partial charge >= 0.3 is 6.92 Å². The highest BCUT2D eigenvalue weighted by molar-refractivity contribution is 6.67. The van der Waals surface area contributed by atoms with E-state index in [1.165, 1.54) is 16.6 Å². The third kappa shape index (κ3) is 2.34. The molecule has 0 bridgehead atoms. The first-order chi connectivity index (χ1) is 10.3. The van der Waals surface area contributed by atoms with Gasteiger partial charge in [0, 0.05) is 12.2 Å². The van der Waals surface area contributed by atoms with Crippen molar-refractivity contribution in [2.24, 2.45) is 0 Å². The number of fused-ring (bicyclic) bond motifs is 2. The molecule has 0 aromatic heterocycles. The number of hydrogen-bond acceptors (Lipinski definition) is 4. The number of anilines is 1. The van der Waals surface area contributed by atoms with Crippen molar-refractivity contribution in [2.75, 3.05) is 12.1 Å². The van der Waals surface area contributed by atoms with Gasteiger partial charge in [-0.2, -0.15) is 0 Å². The molecule has 0 spiro atoms. The summed E-state index contributed by atoms with van der Waals surface area (Å²) in [6.07, 6.45) is 0. The smallest absolute Gasteiger partial charge is 0.324 e. The van der Waals surface area contributed by atoms with Crippen LogP contribution >= 0.6 is 0 Å². The first-order valence-electron chi connectivity index (χ1n) is 7.16. The SMILES string of the molecule is CB1OCc2ccc(NCc3ccc4c(c3)OCO4)cc21. The number of rotatable bonds is 3. The molecule has 0 fully saturated rings. The van der Waals surface area contributed by atoms with E-state index in [9.17, 15) is 0 Å². The molecule has 4 rings (SSSR count). The molecule has 1 N–H and O–H groups in total. The van der Waals surface area contributed by atoms with E-state index < -0.39 is 0 Å². The molecule has 0 amide bonds. The second-order valence-electron chi connectivity index (χ2n) is 5.41. The molecule has 4 nitrogen and oxygen atoms in total. The highest BCUT2D eigenvalue weighted by atomic mass is 16.7. The molecule has 0 saturated carbocycles. The summed E-state index contributed by atoms with van der Waals surface area (Å²) < 4.78 is 16.4. The summed E-state index contributed by atoms with van der Waals surface area (Å²) in [7, 11) is 0. The number of benzene rings is 2. The largest absolute Gasteiger partial charge is 0.454 e. The molecule has 5 heteroatoms. The van der Waals surface area contributed by atoms with Crippen LogP contribution in [0, 0.1) is 0 Å². The molecule has 0 aliphatic carbocycles. The zero-order valence-electron chi connectivity index (χ0n) is 11.9. The molecule has 2 heterocycles. The van der Waals surface area contributed by atoms with E-state index in [0.29, 0.717) is 6.79 Å². The van der Waals surface area contributed by atoms with Crippen molar-refractivity contribution in [3.05, 3.63) is 47.5 Å². The van der Waals surface area contributed by atoms with Crippen LogP contribution in [0.1, 0.15) is 11.1 Å². The van der Waals surface area contributed by atoms with Gasteiger partial charge in [-0.25, -0.2) is 0 Å². The Labute approximate surface area is 124 Å². The molecular formula is C16H16BNO3. The Kier molecular flexibility index (Phi) is 3.00. The van der Waals surface area contributed by atoms with Crippen LogP contribution in [0.3, 0.4) is 0 Å². The summed E-state index contributed by atoms with van der Waals surface area (Å²) in [6, 6.07) is 12.5. The quantitative estimate of drug-likeness (QED) is 0.877. The van der Waals surface area contributed by atoms with Gasteiger partial charge in [-0.05, 0) is 40.9 Å². The predicted molar refractivity (Wildman–Crippen MR) is 82.4 cm³/mol. The Morgan fingerprint density at radius 3 is 2.95 bits per heavy atom. The van der Waals surface area contributed by atoms with Gasteiger partial charge in [-0.15, -0.1) is 0 Å². The van der Waals surface area contributed by atoms with Crippen LogP contribution in [0.25, 0.3) is 0 Å². The summed E-state index contributed by atoms with van der Waals surface area (Å²) in [5.41, 5.74) is 4.86. The molecule has 2 aromatic rings. The zero-order chi connectivity index (χ0) is 14.2. The van der Waals surface area contributed by atoms with Crippen molar-refractivity contribution >= 4 is 18.1 Å². The molecule has 2 aliphatic rings. The van der Waals surface area contributed by atoms with Crippen LogP contribution in [-0.4, -0.2) is 13.7 Å². The van der Waals surface area contributed by atoms with Crippen molar-refractivity contribution in [3.63, 3.8) is 0 Å². The first kappa shape index (κ1) is 12.6. The Hall–Kier alpha value is -2.14. The minimum atomic E-state index is 0.187. The van der Waals surface area contributed by atoms with Crippen LogP contribution in [0.2, 0.25) is 6.82 Å². The summed E-state index contributed by atoms with van der Waals surface area (Å²) in [5.74, 6) is 1.65. The van der Waals surface area contributed by atoms with Crippen LogP contribution in [-0.2, 0) is 17.8 Å². The molecule has 0 saturated heterocycles. The molecule has 2 aromatic carbocycles. The van der Waals surface area contributed by atoms with E-state index in [-0.39, 0.29) is 6.92 Å². The number of ether oxygens (including phenoxy) is 2. The number of hydrogen-bond donors (Lipinski definition) is 1. The molecule has 0 radical (unpaired) electrons. The standard InChI is InChI=1S/C16H16BNO3/c1-17-14-7-13(4-3-12(14)9-21-17)18-8-11-2-5-15-16(6-11)20-10-19-15/h2-7,18H,8-10H2,1H3. The fourth-order valence-corrected chi connectivity index (χ4v) is 2.77. The summed E-state index contributed by atoms with van der Waals surface area (Å²) in [6.45, 7) is 4.07. The minimum Gasteiger partial charge on any atom is -0.454 e. The average Bonchev–Trinajstić information content (AvgIpc) is 3.11. The fourth-order valence-electron chi connectivity index (χ4n) is 2.77. The Balaban J connectivity index is 1.48. The lowest BCUT2D eigenvalue weighted by atomic mass is 9.64. The lowest BCUT2D eigenvalue weighted by Gasteiger charge is -2.09. The lowest BCUT2D eigenvalue weighted by Crippen LogP contribution is -2.24. The van der Waals surface area contributed by atoms with Crippen molar-refractivity contribution in [3.8, 4) is 11.5 Å². The van der Waals surface area contributed by atoms with E-state index in [0.717, 1.165) is 30.3 Å². The van der Waals surface area contributed by atoms with Crippen LogP contribution in [0.4, 0.5) is 5.69 Å². The van der Waals surface area contributed by atoms with Crippen molar-refractivity contribution in [1.29, 1.82) is 0 Å². The van der Waals surface area contributed by atoms with Gasteiger partial charge in [0.2, 0.25) is 6.79 Å². The van der Waals surface area contributed by atoms with E-state index in [1.54, 1.807) is 0 Å². The topological polar surface area (TPSA) is 39.7 Å². The summed E-state index contributed by atoms with van der Waals surface area (Å²) in [4.78, 5) is 0. The maximum absolute atomic E-state index is 5.63. The maximum Gasteiger partial charge on any atom is 0.324 e. The van der Waals surface area contributed by atoms with Gasteiger partial charge in [-0.1, -0.05) is 19.0 Å². The van der Waals surface area contributed by atoms with E-state index >= 15 is 0 Å². The van der Waals surface area contributed by atoms with Crippen LogP contribution in [0.5, 0.6) is 11.5 Å². The van der Waals surface area contributed by atoms with Crippen molar-refractivity contribution < 1.29 is 14.1 Å².